The van der Waals surface area contributed by atoms with E-state index in [4.69, 9.17) is 4.74 Å². The van der Waals surface area contributed by atoms with Crippen molar-refractivity contribution in [3.63, 3.8) is 0 Å². The summed E-state index contributed by atoms with van der Waals surface area (Å²) in [5, 5.41) is 6.46. The third-order valence-electron chi connectivity index (χ3n) is 3.34. The zero-order valence-electron chi connectivity index (χ0n) is 11.6. The molecule has 0 bridgehead atoms. The summed E-state index contributed by atoms with van der Waals surface area (Å²) in [6.45, 7) is 4.87. The zero-order chi connectivity index (χ0) is 14.8. The maximum atomic E-state index is 11.9. The number of nitrogens with one attached hydrogen (secondary N) is 2. The maximum absolute atomic E-state index is 11.9. The molecule has 0 aromatic heterocycles. The predicted octanol–water partition coefficient (Wildman–Crippen LogP) is -0.401. The van der Waals surface area contributed by atoms with Gasteiger partial charge in [0.25, 0.3) is 5.91 Å². The Balaban J connectivity index is 1.89. The second kappa shape index (κ2) is 5.48. The molecule has 0 aromatic carbocycles. The van der Waals surface area contributed by atoms with Gasteiger partial charge in [-0.15, -0.1) is 0 Å². The number of carbonyl (C=O) groups excluding carboxylic acids is 3. The van der Waals surface area contributed by atoms with Gasteiger partial charge in [-0.3, -0.25) is 14.5 Å². The minimum atomic E-state index is -0.540. The van der Waals surface area contributed by atoms with E-state index in [-0.39, 0.29) is 30.9 Å². The van der Waals surface area contributed by atoms with E-state index >= 15 is 0 Å². The van der Waals surface area contributed by atoms with Gasteiger partial charge in [0.1, 0.15) is 12.3 Å². The molecule has 0 spiro atoms. The third-order valence-corrected chi connectivity index (χ3v) is 3.34. The lowest BCUT2D eigenvalue weighted by atomic mass is 10.0. The molecule has 0 saturated carbocycles. The van der Waals surface area contributed by atoms with E-state index in [9.17, 15) is 14.4 Å². The van der Waals surface area contributed by atoms with Crippen molar-refractivity contribution in [1.29, 1.82) is 0 Å². The Kier molecular flexibility index (Phi) is 3.91. The summed E-state index contributed by atoms with van der Waals surface area (Å²) in [6.07, 6.45) is 0.212. The third kappa shape index (κ3) is 3.06. The van der Waals surface area contributed by atoms with Crippen molar-refractivity contribution in [1.82, 2.24) is 15.6 Å². The number of hydrogen-bond donors (Lipinski definition) is 2. The zero-order valence-corrected chi connectivity index (χ0v) is 11.6. The van der Waals surface area contributed by atoms with Gasteiger partial charge in [0.15, 0.2) is 0 Å². The number of hydrogen-bond acceptors (Lipinski definition) is 5. The second-order valence-electron chi connectivity index (χ2n) is 5.35. The van der Waals surface area contributed by atoms with Crippen molar-refractivity contribution >= 4 is 23.6 Å². The molecule has 0 aliphatic carbocycles. The standard InChI is InChI=1S/C12H18N4O4/c1-12(2,16-5-6-20-11(16)19)7-13-10(18)8-3-4-9(17)15-14-8/h3-7H2,1-2H3,(H,13,18)(H,15,17). The molecule has 0 atom stereocenters. The summed E-state index contributed by atoms with van der Waals surface area (Å²) in [6, 6.07) is 0. The van der Waals surface area contributed by atoms with E-state index in [1.165, 1.54) is 0 Å². The number of carbonyl (C=O) groups is 3. The van der Waals surface area contributed by atoms with Gasteiger partial charge in [-0.05, 0) is 13.8 Å². The molecule has 110 valence electrons. The first-order valence-corrected chi connectivity index (χ1v) is 6.48. The first kappa shape index (κ1) is 14.3. The number of rotatable bonds is 4. The topological polar surface area (TPSA) is 100 Å². The molecule has 2 rings (SSSR count). The average Bonchev–Trinajstić information content (AvgIpc) is 2.84. The van der Waals surface area contributed by atoms with Crippen LogP contribution in [0.1, 0.15) is 26.7 Å². The molecule has 20 heavy (non-hydrogen) atoms. The second-order valence-corrected chi connectivity index (χ2v) is 5.35. The highest BCUT2D eigenvalue weighted by atomic mass is 16.6. The van der Waals surface area contributed by atoms with Crippen molar-refractivity contribution < 1.29 is 19.1 Å². The van der Waals surface area contributed by atoms with Crippen LogP contribution in [0.2, 0.25) is 0 Å². The van der Waals surface area contributed by atoms with E-state index in [1.807, 2.05) is 13.8 Å². The molecule has 8 nitrogen and oxygen atoms in total. The maximum Gasteiger partial charge on any atom is 0.410 e. The van der Waals surface area contributed by atoms with Gasteiger partial charge in [-0.25, -0.2) is 10.2 Å². The van der Waals surface area contributed by atoms with Gasteiger partial charge in [0.2, 0.25) is 5.91 Å². The summed E-state index contributed by atoms with van der Waals surface area (Å²) < 4.78 is 4.89. The Morgan fingerprint density at radius 1 is 1.45 bits per heavy atom. The quantitative estimate of drug-likeness (QED) is 0.732. The van der Waals surface area contributed by atoms with E-state index in [0.29, 0.717) is 25.3 Å². The molecule has 0 unspecified atom stereocenters. The molecule has 2 heterocycles. The van der Waals surface area contributed by atoms with Crippen molar-refractivity contribution in [3.05, 3.63) is 0 Å². The smallest absolute Gasteiger partial charge is 0.410 e. The highest BCUT2D eigenvalue weighted by Crippen LogP contribution is 2.18. The van der Waals surface area contributed by atoms with Crippen LogP contribution in [-0.4, -0.2) is 53.8 Å². The Bertz CT molecular complexity index is 472. The first-order chi connectivity index (χ1) is 9.40. The van der Waals surface area contributed by atoms with Gasteiger partial charge in [0.05, 0.1) is 12.1 Å². The Hall–Kier alpha value is -2.12. The normalized spacial score (nSPS) is 19.3. The van der Waals surface area contributed by atoms with Crippen LogP contribution in [0.5, 0.6) is 0 Å². The van der Waals surface area contributed by atoms with Crippen LogP contribution < -0.4 is 10.7 Å². The minimum absolute atomic E-state index is 0.193. The van der Waals surface area contributed by atoms with E-state index in [1.54, 1.807) is 4.90 Å². The van der Waals surface area contributed by atoms with Crippen LogP contribution in [0.3, 0.4) is 0 Å². The number of cyclic esters (lactones) is 1. The van der Waals surface area contributed by atoms with Gasteiger partial charge in [0, 0.05) is 19.4 Å². The predicted molar refractivity (Wildman–Crippen MR) is 70.0 cm³/mol. The van der Waals surface area contributed by atoms with Gasteiger partial charge < -0.3 is 10.1 Å². The fraction of sp³-hybridized carbons (Fsp3) is 0.667. The van der Waals surface area contributed by atoms with Crippen molar-refractivity contribution in [3.8, 4) is 0 Å². The summed E-state index contributed by atoms with van der Waals surface area (Å²) in [5.41, 5.74) is 2.03. The van der Waals surface area contributed by atoms with Crippen LogP contribution in [0.4, 0.5) is 4.79 Å². The highest BCUT2D eigenvalue weighted by molar-refractivity contribution is 6.39. The van der Waals surface area contributed by atoms with Gasteiger partial charge >= 0.3 is 6.09 Å². The molecular formula is C12H18N4O4. The molecule has 2 aliphatic rings. The van der Waals surface area contributed by atoms with E-state index in [0.717, 1.165) is 0 Å². The fourth-order valence-electron chi connectivity index (χ4n) is 2.08. The van der Waals surface area contributed by atoms with Crippen molar-refractivity contribution in [2.75, 3.05) is 19.7 Å². The lowest BCUT2D eigenvalue weighted by Crippen LogP contribution is -2.53. The minimum Gasteiger partial charge on any atom is -0.448 e. The lowest BCUT2D eigenvalue weighted by molar-refractivity contribution is -0.121. The van der Waals surface area contributed by atoms with E-state index < -0.39 is 5.54 Å². The van der Waals surface area contributed by atoms with Crippen LogP contribution in [0, 0.1) is 0 Å². The number of nitrogens with zero attached hydrogens (tertiary/aromatic N) is 2. The lowest BCUT2D eigenvalue weighted by Gasteiger charge is -2.33. The average molecular weight is 282 g/mol. The molecule has 8 heteroatoms. The summed E-state index contributed by atoms with van der Waals surface area (Å²) in [4.78, 5) is 36.0. The molecule has 0 aromatic rings. The number of amides is 3. The first-order valence-electron chi connectivity index (χ1n) is 6.48. The van der Waals surface area contributed by atoms with Gasteiger partial charge in [-0.2, -0.15) is 5.10 Å². The van der Waals surface area contributed by atoms with Crippen molar-refractivity contribution in [2.24, 2.45) is 5.10 Å². The Morgan fingerprint density at radius 2 is 2.20 bits per heavy atom. The molecule has 2 N–H and O–H groups in total. The van der Waals surface area contributed by atoms with Crippen LogP contribution in [-0.2, 0) is 14.3 Å². The molecular weight excluding hydrogens is 264 g/mol. The summed E-state index contributed by atoms with van der Waals surface area (Å²) >= 11 is 0. The number of hydrazone groups is 1. The molecule has 2 aliphatic heterocycles. The van der Waals surface area contributed by atoms with Crippen molar-refractivity contribution in [2.45, 2.75) is 32.2 Å². The highest BCUT2D eigenvalue weighted by Gasteiger charge is 2.36. The summed E-state index contributed by atoms with van der Waals surface area (Å²) in [5.74, 6) is -0.521. The Morgan fingerprint density at radius 3 is 2.75 bits per heavy atom. The summed E-state index contributed by atoms with van der Waals surface area (Å²) in [7, 11) is 0. The molecule has 1 fully saturated rings. The molecule has 1 saturated heterocycles. The Labute approximate surface area is 116 Å². The number of ether oxygens (including phenoxy) is 1. The molecule has 3 amide bonds. The monoisotopic (exact) mass is 282 g/mol. The molecule has 0 radical (unpaired) electrons. The van der Waals surface area contributed by atoms with Crippen LogP contribution in [0.15, 0.2) is 5.10 Å². The SMILES string of the molecule is CC(C)(CNC(=O)C1=NNC(=O)CC1)N1CCOC1=O. The van der Waals surface area contributed by atoms with E-state index in [2.05, 4.69) is 15.8 Å². The van der Waals surface area contributed by atoms with Crippen LogP contribution in [0.25, 0.3) is 0 Å². The largest absolute Gasteiger partial charge is 0.448 e. The van der Waals surface area contributed by atoms with Crippen LogP contribution >= 0.6 is 0 Å². The fourth-order valence-corrected chi connectivity index (χ4v) is 2.08. The van der Waals surface area contributed by atoms with Gasteiger partial charge in [-0.1, -0.05) is 0 Å².